The minimum Gasteiger partial charge on any atom is -0.314 e. The molecule has 0 aromatic rings. The summed E-state index contributed by atoms with van der Waals surface area (Å²) in [7, 11) is 0. The number of piperidine rings is 1. The molecule has 2 unspecified atom stereocenters. The molecule has 0 aromatic carbocycles. The number of rotatable bonds is 3. The van der Waals surface area contributed by atoms with Crippen molar-refractivity contribution in [1.82, 2.24) is 15.1 Å². The van der Waals surface area contributed by atoms with Crippen LogP contribution >= 0.6 is 0 Å². The smallest absolute Gasteiger partial charge is 0.0223 e. The first-order chi connectivity index (χ1) is 8.83. The van der Waals surface area contributed by atoms with Gasteiger partial charge in [-0.15, -0.1) is 0 Å². The Morgan fingerprint density at radius 3 is 2.72 bits per heavy atom. The Labute approximate surface area is 113 Å². The van der Waals surface area contributed by atoms with E-state index in [1.807, 2.05) is 0 Å². The van der Waals surface area contributed by atoms with Crippen molar-refractivity contribution in [2.24, 2.45) is 0 Å². The second-order valence-electron chi connectivity index (χ2n) is 5.93. The molecule has 2 saturated heterocycles. The van der Waals surface area contributed by atoms with Crippen LogP contribution in [-0.4, -0.2) is 61.2 Å². The Morgan fingerprint density at radius 2 is 1.94 bits per heavy atom. The Bertz CT molecular complexity index is 230. The highest BCUT2D eigenvalue weighted by Crippen LogP contribution is 2.18. The van der Waals surface area contributed by atoms with E-state index in [2.05, 4.69) is 29.0 Å². The first kappa shape index (κ1) is 14.3. The zero-order chi connectivity index (χ0) is 12.8. The van der Waals surface area contributed by atoms with Crippen LogP contribution in [0.4, 0.5) is 0 Å². The van der Waals surface area contributed by atoms with Gasteiger partial charge < -0.3 is 10.2 Å². The Balaban J connectivity index is 1.85. The van der Waals surface area contributed by atoms with Gasteiger partial charge in [-0.25, -0.2) is 0 Å². The minimum atomic E-state index is 0.749. The van der Waals surface area contributed by atoms with Crippen LogP contribution in [0.1, 0.15) is 46.0 Å². The predicted molar refractivity (Wildman–Crippen MR) is 78.0 cm³/mol. The fourth-order valence-electron chi connectivity index (χ4n) is 3.45. The molecular formula is C15H31N3. The summed E-state index contributed by atoms with van der Waals surface area (Å²) in [4.78, 5) is 5.41. The molecule has 106 valence electrons. The number of nitrogens with one attached hydrogen (secondary N) is 1. The van der Waals surface area contributed by atoms with Crippen LogP contribution in [0.5, 0.6) is 0 Å². The van der Waals surface area contributed by atoms with Gasteiger partial charge in [0.15, 0.2) is 0 Å². The molecule has 0 aromatic heterocycles. The van der Waals surface area contributed by atoms with Crippen LogP contribution in [0, 0.1) is 0 Å². The molecule has 2 aliphatic heterocycles. The molecule has 18 heavy (non-hydrogen) atoms. The molecular weight excluding hydrogens is 222 g/mol. The fraction of sp³-hybridized carbons (Fsp3) is 1.00. The second kappa shape index (κ2) is 7.46. The highest BCUT2D eigenvalue weighted by molar-refractivity contribution is 4.83. The van der Waals surface area contributed by atoms with Gasteiger partial charge in [0, 0.05) is 18.6 Å². The van der Waals surface area contributed by atoms with Crippen molar-refractivity contribution in [1.29, 1.82) is 0 Å². The number of likely N-dealkylation sites (N-methyl/N-ethyl adjacent to an activating group) is 1. The van der Waals surface area contributed by atoms with E-state index in [4.69, 9.17) is 0 Å². The third kappa shape index (κ3) is 3.94. The van der Waals surface area contributed by atoms with Crippen molar-refractivity contribution in [2.75, 3.05) is 39.3 Å². The summed E-state index contributed by atoms with van der Waals surface area (Å²) < 4.78 is 0. The van der Waals surface area contributed by atoms with E-state index >= 15 is 0 Å². The first-order valence-corrected chi connectivity index (χ1v) is 8.03. The lowest BCUT2D eigenvalue weighted by Gasteiger charge is -2.40. The second-order valence-corrected chi connectivity index (χ2v) is 5.93. The van der Waals surface area contributed by atoms with Gasteiger partial charge in [-0.1, -0.05) is 13.8 Å². The van der Waals surface area contributed by atoms with Gasteiger partial charge in [-0.3, -0.25) is 4.90 Å². The molecule has 2 fully saturated rings. The van der Waals surface area contributed by atoms with Crippen LogP contribution in [0.2, 0.25) is 0 Å². The SMILES string of the molecule is CCC1CCN(C2CCCN(CC)C2)CCCN1. The number of likely N-dealkylation sites (tertiary alicyclic amines) is 1. The summed E-state index contributed by atoms with van der Waals surface area (Å²) in [5, 5.41) is 3.68. The maximum atomic E-state index is 3.68. The summed E-state index contributed by atoms with van der Waals surface area (Å²) >= 11 is 0. The summed E-state index contributed by atoms with van der Waals surface area (Å²) in [5.74, 6) is 0. The van der Waals surface area contributed by atoms with Gasteiger partial charge in [-0.2, -0.15) is 0 Å². The third-order valence-electron chi connectivity index (χ3n) is 4.76. The summed E-state index contributed by atoms with van der Waals surface area (Å²) in [6.07, 6.45) is 6.74. The van der Waals surface area contributed by atoms with Crippen molar-refractivity contribution in [3.8, 4) is 0 Å². The van der Waals surface area contributed by atoms with Crippen molar-refractivity contribution >= 4 is 0 Å². The van der Waals surface area contributed by atoms with E-state index in [-0.39, 0.29) is 0 Å². The predicted octanol–water partition coefficient (Wildman–Crippen LogP) is 1.93. The molecule has 0 amide bonds. The van der Waals surface area contributed by atoms with Crippen LogP contribution in [0.3, 0.4) is 0 Å². The molecule has 2 rings (SSSR count). The Morgan fingerprint density at radius 1 is 1.06 bits per heavy atom. The van der Waals surface area contributed by atoms with Gasteiger partial charge in [0.25, 0.3) is 0 Å². The van der Waals surface area contributed by atoms with Crippen LogP contribution in [0.25, 0.3) is 0 Å². The fourth-order valence-corrected chi connectivity index (χ4v) is 3.45. The van der Waals surface area contributed by atoms with E-state index in [0.717, 1.165) is 12.1 Å². The maximum Gasteiger partial charge on any atom is 0.0223 e. The van der Waals surface area contributed by atoms with E-state index < -0.39 is 0 Å². The molecule has 0 radical (unpaired) electrons. The highest BCUT2D eigenvalue weighted by Gasteiger charge is 2.25. The highest BCUT2D eigenvalue weighted by atomic mass is 15.2. The van der Waals surface area contributed by atoms with Gasteiger partial charge in [0.1, 0.15) is 0 Å². The molecule has 0 bridgehead atoms. The van der Waals surface area contributed by atoms with Gasteiger partial charge in [0.05, 0.1) is 0 Å². The lowest BCUT2D eigenvalue weighted by Crippen LogP contribution is -2.50. The molecule has 1 N–H and O–H groups in total. The minimum absolute atomic E-state index is 0.749. The zero-order valence-corrected chi connectivity index (χ0v) is 12.3. The molecule has 3 nitrogen and oxygen atoms in total. The number of hydrogen-bond acceptors (Lipinski definition) is 3. The van der Waals surface area contributed by atoms with Gasteiger partial charge in [0.2, 0.25) is 0 Å². The van der Waals surface area contributed by atoms with E-state index in [0.29, 0.717) is 0 Å². The molecule has 2 aliphatic rings. The van der Waals surface area contributed by atoms with Crippen molar-refractivity contribution in [3.63, 3.8) is 0 Å². The summed E-state index contributed by atoms with van der Waals surface area (Å²) in [6, 6.07) is 1.58. The van der Waals surface area contributed by atoms with E-state index in [9.17, 15) is 0 Å². The summed E-state index contributed by atoms with van der Waals surface area (Å²) in [5.41, 5.74) is 0. The Kier molecular flexibility index (Phi) is 5.93. The normalized spacial score (nSPS) is 33.0. The lowest BCUT2D eigenvalue weighted by atomic mass is 10.0. The van der Waals surface area contributed by atoms with E-state index in [1.165, 1.54) is 71.4 Å². The van der Waals surface area contributed by atoms with Crippen molar-refractivity contribution in [3.05, 3.63) is 0 Å². The average Bonchev–Trinajstić information content (AvgIpc) is 2.39. The van der Waals surface area contributed by atoms with Crippen LogP contribution in [-0.2, 0) is 0 Å². The maximum absolute atomic E-state index is 3.68. The monoisotopic (exact) mass is 253 g/mol. The topological polar surface area (TPSA) is 18.5 Å². The average molecular weight is 253 g/mol. The molecule has 2 heterocycles. The quantitative estimate of drug-likeness (QED) is 0.829. The lowest BCUT2D eigenvalue weighted by molar-refractivity contribution is 0.0906. The van der Waals surface area contributed by atoms with Crippen molar-refractivity contribution in [2.45, 2.75) is 58.0 Å². The van der Waals surface area contributed by atoms with Gasteiger partial charge in [-0.05, 0) is 64.8 Å². The van der Waals surface area contributed by atoms with Gasteiger partial charge >= 0.3 is 0 Å². The van der Waals surface area contributed by atoms with Crippen LogP contribution < -0.4 is 5.32 Å². The molecule has 0 spiro atoms. The number of hydrogen-bond donors (Lipinski definition) is 1. The third-order valence-corrected chi connectivity index (χ3v) is 4.76. The summed E-state index contributed by atoms with van der Waals surface area (Å²) in [6.45, 7) is 12.3. The molecule has 0 saturated carbocycles. The zero-order valence-electron chi connectivity index (χ0n) is 12.3. The largest absolute Gasteiger partial charge is 0.314 e. The van der Waals surface area contributed by atoms with E-state index in [1.54, 1.807) is 0 Å². The molecule has 0 aliphatic carbocycles. The number of nitrogens with zero attached hydrogens (tertiary/aromatic N) is 2. The molecule has 3 heteroatoms. The Hall–Kier alpha value is -0.120. The standard InChI is InChI=1S/C15H31N3/c1-3-14-8-12-18(11-6-9-16-14)15-7-5-10-17(4-2)13-15/h14-16H,3-13H2,1-2H3. The van der Waals surface area contributed by atoms with Crippen LogP contribution in [0.15, 0.2) is 0 Å². The molecule has 2 atom stereocenters. The first-order valence-electron chi connectivity index (χ1n) is 8.03. The van der Waals surface area contributed by atoms with Crippen molar-refractivity contribution < 1.29 is 0 Å².